The highest BCUT2D eigenvalue weighted by molar-refractivity contribution is 6.48. The molecule has 2 N–H and O–H groups in total. The lowest BCUT2D eigenvalue weighted by molar-refractivity contribution is -0.110. The van der Waals surface area contributed by atoms with Gasteiger partial charge in [0.25, 0.3) is 0 Å². The Morgan fingerprint density at radius 1 is 1.39 bits per heavy atom. The Labute approximate surface area is 105 Å². The molecule has 1 aromatic carbocycles. The Kier molecular flexibility index (Phi) is 3.84. The lowest BCUT2D eigenvalue weighted by atomic mass is 10.0. The second kappa shape index (κ2) is 5.55. The summed E-state index contributed by atoms with van der Waals surface area (Å²) in [6, 6.07) is 7.24. The van der Waals surface area contributed by atoms with E-state index in [1.54, 1.807) is 0 Å². The van der Waals surface area contributed by atoms with Crippen molar-refractivity contribution in [2.75, 3.05) is 13.3 Å². The van der Waals surface area contributed by atoms with Crippen molar-refractivity contribution in [2.45, 2.75) is 13.0 Å². The van der Waals surface area contributed by atoms with Gasteiger partial charge < -0.3 is 10.4 Å². The molecule has 5 nitrogen and oxygen atoms in total. The van der Waals surface area contributed by atoms with Gasteiger partial charge in [-0.05, 0) is 12.5 Å². The summed E-state index contributed by atoms with van der Waals surface area (Å²) in [5.74, 6) is 0. The number of aliphatic hydroxyl groups excluding tert-OH is 1. The van der Waals surface area contributed by atoms with Gasteiger partial charge in [-0.25, -0.2) is 0 Å². The van der Waals surface area contributed by atoms with Crippen LogP contribution >= 0.6 is 0 Å². The Balaban J connectivity index is 2.19. The van der Waals surface area contributed by atoms with Crippen molar-refractivity contribution >= 4 is 17.8 Å². The van der Waals surface area contributed by atoms with Crippen LogP contribution in [0.2, 0.25) is 0 Å². The van der Waals surface area contributed by atoms with E-state index < -0.39 is 0 Å². The van der Waals surface area contributed by atoms with Crippen LogP contribution in [0.3, 0.4) is 0 Å². The molecule has 0 radical (unpaired) electrons. The van der Waals surface area contributed by atoms with Crippen LogP contribution in [-0.4, -0.2) is 36.2 Å². The van der Waals surface area contributed by atoms with Crippen molar-refractivity contribution in [3.8, 4) is 0 Å². The van der Waals surface area contributed by atoms with Gasteiger partial charge in [-0.3, -0.25) is 14.8 Å². The zero-order valence-corrected chi connectivity index (χ0v) is 10.1. The molecular formula is C13H15N3O2. The molecule has 0 saturated heterocycles. The lowest BCUT2D eigenvalue weighted by Gasteiger charge is -2.13. The van der Waals surface area contributed by atoms with E-state index in [4.69, 9.17) is 5.11 Å². The average Bonchev–Trinajstić information content (AvgIpc) is 2.82. The number of rotatable bonds is 5. The second-order valence-corrected chi connectivity index (χ2v) is 4.03. The smallest absolute Gasteiger partial charge is 0.207 e. The van der Waals surface area contributed by atoms with Gasteiger partial charge in [0.1, 0.15) is 6.67 Å². The van der Waals surface area contributed by atoms with E-state index in [9.17, 15) is 4.79 Å². The summed E-state index contributed by atoms with van der Waals surface area (Å²) in [5.41, 5.74) is 3.71. The lowest BCUT2D eigenvalue weighted by Crippen LogP contribution is -2.22. The van der Waals surface area contributed by atoms with Crippen LogP contribution in [0.15, 0.2) is 34.3 Å². The van der Waals surface area contributed by atoms with Gasteiger partial charge >= 0.3 is 0 Å². The summed E-state index contributed by atoms with van der Waals surface area (Å²) >= 11 is 0. The van der Waals surface area contributed by atoms with E-state index in [-0.39, 0.29) is 12.6 Å². The van der Waals surface area contributed by atoms with Crippen LogP contribution in [0.4, 0.5) is 0 Å². The molecule has 0 fully saturated rings. The largest absolute Gasteiger partial charge is 0.394 e. The van der Waals surface area contributed by atoms with E-state index in [1.165, 1.54) is 0 Å². The predicted octanol–water partition coefficient (Wildman–Crippen LogP) is 0.687. The minimum Gasteiger partial charge on any atom is -0.394 e. The molecule has 18 heavy (non-hydrogen) atoms. The number of aliphatic hydroxyl groups is 1. The third-order valence-corrected chi connectivity index (χ3v) is 2.92. The number of hydrogen-bond donors (Lipinski definition) is 2. The number of carbonyl (C=O) groups is 1. The molecule has 1 unspecified atom stereocenters. The number of aliphatic imine (C=N–C) groups is 2. The Morgan fingerprint density at radius 3 is 2.61 bits per heavy atom. The third-order valence-electron chi connectivity index (χ3n) is 2.92. The van der Waals surface area contributed by atoms with Gasteiger partial charge in [0, 0.05) is 5.56 Å². The van der Waals surface area contributed by atoms with Gasteiger partial charge in [-0.2, -0.15) is 0 Å². The monoisotopic (exact) mass is 245 g/mol. The molecule has 0 bridgehead atoms. The quantitative estimate of drug-likeness (QED) is 0.749. The summed E-state index contributed by atoms with van der Waals surface area (Å²) in [5, 5.41) is 11.7. The van der Waals surface area contributed by atoms with E-state index in [2.05, 4.69) is 15.3 Å². The van der Waals surface area contributed by atoms with E-state index >= 15 is 0 Å². The Hall–Kier alpha value is -2.01. The molecule has 1 heterocycles. The SMILES string of the molecule is CC1=NCN=C1c1ccc(C(CO)NC=O)cc1. The van der Waals surface area contributed by atoms with Gasteiger partial charge in [0.05, 0.1) is 24.1 Å². The van der Waals surface area contributed by atoms with Crippen molar-refractivity contribution < 1.29 is 9.90 Å². The first kappa shape index (κ1) is 12.4. The molecule has 1 atom stereocenters. The van der Waals surface area contributed by atoms with Crippen molar-refractivity contribution in [1.82, 2.24) is 5.32 Å². The predicted molar refractivity (Wildman–Crippen MR) is 70.0 cm³/mol. The minimum atomic E-state index is -0.364. The van der Waals surface area contributed by atoms with Crippen molar-refractivity contribution in [1.29, 1.82) is 0 Å². The Morgan fingerprint density at radius 2 is 2.11 bits per heavy atom. The summed E-state index contributed by atoms with van der Waals surface area (Å²) in [6.07, 6.45) is 0.590. The zero-order valence-electron chi connectivity index (χ0n) is 10.1. The number of amides is 1. The zero-order chi connectivity index (χ0) is 13.0. The molecule has 0 aliphatic carbocycles. The maximum Gasteiger partial charge on any atom is 0.207 e. The van der Waals surface area contributed by atoms with Crippen LogP contribution < -0.4 is 5.32 Å². The first-order valence-electron chi connectivity index (χ1n) is 5.73. The van der Waals surface area contributed by atoms with Crippen LogP contribution in [0.5, 0.6) is 0 Å². The summed E-state index contributed by atoms with van der Waals surface area (Å²) in [4.78, 5) is 18.9. The summed E-state index contributed by atoms with van der Waals surface area (Å²) in [6.45, 7) is 2.30. The van der Waals surface area contributed by atoms with Crippen LogP contribution in [0.25, 0.3) is 0 Å². The van der Waals surface area contributed by atoms with Crippen molar-refractivity contribution in [3.05, 3.63) is 35.4 Å². The third kappa shape index (κ3) is 2.46. The van der Waals surface area contributed by atoms with Crippen molar-refractivity contribution in [2.24, 2.45) is 9.98 Å². The number of nitrogens with zero attached hydrogens (tertiary/aromatic N) is 2. The number of benzene rings is 1. The van der Waals surface area contributed by atoms with Gasteiger partial charge in [0.2, 0.25) is 6.41 Å². The normalized spacial score (nSPS) is 15.9. The minimum absolute atomic E-state index is 0.125. The molecule has 0 saturated carbocycles. The molecule has 0 spiro atoms. The Bertz CT molecular complexity index is 491. The van der Waals surface area contributed by atoms with Gasteiger partial charge in [-0.1, -0.05) is 24.3 Å². The first-order chi connectivity index (χ1) is 8.76. The molecule has 0 aromatic heterocycles. The highest BCUT2D eigenvalue weighted by Gasteiger charge is 2.13. The van der Waals surface area contributed by atoms with E-state index in [0.29, 0.717) is 13.1 Å². The maximum absolute atomic E-state index is 10.4. The fourth-order valence-corrected chi connectivity index (χ4v) is 1.91. The van der Waals surface area contributed by atoms with E-state index in [0.717, 1.165) is 22.6 Å². The fourth-order valence-electron chi connectivity index (χ4n) is 1.91. The van der Waals surface area contributed by atoms with E-state index in [1.807, 2.05) is 31.2 Å². The second-order valence-electron chi connectivity index (χ2n) is 4.03. The van der Waals surface area contributed by atoms with Crippen LogP contribution in [-0.2, 0) is 4.79 Å². The van der Waals surface area contributed by atoms with Crippen LogP contribution in [0, 0.1) is 0 Å². The molecule has 1 aliphatic heterocycles. The van der Waals surface area contributed by atoms with Gasteiger partial charge in [-0.15, -0.1) is 0 Å². The molecule has 2 rings (SSSR count). The molecule has 1 aliphatic rings. The number of carbonyl (C=O) groups excluding carboxylic acids is 1. The average molecular weight is 245 g/mol. The highest BCUT2D eigenvalue weighted by atomic mass is 16.3. The molecular weight excluding hydrogens is 230 g/mol. The van der Waals surface area contributed by atoms with Gasteiger partial charge in [0.15, 0.2) is 0 Å². The van der Waals surface area contributed by atoms with Crippen molar-refractivity contribution in [3.63, 3.8) is 0 Å². The number of nitrogens with one attached hydrogen (secondary N) is 1. The standard InChI is InChI=1S/C13H15N3O2/c1-9-13(15-7-14-9)11-4-2-10(3-5-11)12(6-17)16-8-18/h2-5,8,12,17H,6-7H2,1H3,(H,16,18). The highest BCUT2D eigenvalue weighted by Crippen LogP contribution is 2.15. The molecule has 94 valence electrons. The topological polar surface area (TPSA) is 74.1 Å². The molecule has 1 amide bonds. The van der Waals surface area contributed by atoms with Crippen LogP contribution in [0.1, 0.15) is 24.1 Å². The summed E-state index contributed by atoms with van der Waals surface area (Å²) < 4.78 is 0. The fraction of sp³-hybridized carbons (Fsp3) is 0.308. The maximum atomic E-state index is 10.4. The number of hydrogen-bond acceptors (Lipinski definition) is 4. The summed E-state index contributed by atoms with van der Waals surface area (Å²) in [7, 11) is 0. The molecule has 5 heteroatoms. The first-order valence-corrected chi connectivity index (χ1v) is 5.73. The molecule has 1 aromatic rings.